The average Bonchev–Trinajstić information content (AvgIpc) is 2.45. The summed E-state index contributed by atoms with van der Waals surface area (Å²) in [6, 6.07) is 1.03. The van der Waals surface area contributed by atoms with Gasteiger partial charge in [-0.15, -0.1) is 0 Å². The molecule has 2 rings (SSSR count). The van der Waals surface area contributed by atoms with Gasteiger partial charge in [-0.1, -0.05) is 31.9 Å². The zero-order valence-electron chi connectivity index (χ0n) is 9.09. The fourth-order valence-electron chi connectivity index (χ4n) is 1.48. The molecular weight excluding hydrogens is 224 g/mol. The maximum Gasteiger partial charge on any atom is 0.160 e. The Balaban J connectivity index is 2.48. The first-order valence-corrected chi connectivity index (χ1v) is 8.99. The van der Waals surface area contributed by atoms with Crippen molar-refractivity contribution in [3.8, 4) is 0 Å². The highest BCUT2D eigenvalue weighted by atomic mass is 32.1. The van der Waals surface area contributed by atoms with Crippen LogP contribution in [0.25, 0.3) is 11.2 Å². The zero-order valence-corrected chi connectivity index (χ0v) is 10.9. The van der Waals surface area contributed by atoms with Crippen LogP contribution >= 0.6 is 12.2 Å². The van der Waals surface area contributed by atoms with Crippen molar-refractivity contribution >= 4 is 31.5 Å². The van der Waals surface area contributed by atoms with Gasteiger partial charge in [-0.2, -0.15) is 0 Å². The van der Waals surface area contributed by atoms with Gasteiger partial charge in [0, 0.05) is 6.04 Å². The Bertz CT molecular complexity index is 537. The monoisotopic (exact) mass is 238 g/mol. The Labute approximate surface area is 94.2 Å². The molecule has 0 atom stereocenters. The molecule has 0 aliphatic rings. The third-order valence-electron chi connectivity index (χ3n) is 2.05. The Hall–Kier alpha value is -1.01. The summed E-state index contributed by atoms with van der Waals surface area (Å²) >= 11 is 5.12. The van der Waals surface area contributed by atoms with Crippen LogP contribution in [0.2, 0.25) is 19.6 Å². The van der Waals surface area contributed by atoms with Crippen LogP contribution < -0.4 is 0 Å². The molecule has 0 spiro atoms. The number of H-pyrrole nitrogens is 2. The number of hydrogen-bond donors (Lipinski definition) is 2. The number of aromatic nitrogens is 4. The van der Waals surface area contributed by atoms with Crippen LogP contribution in [0.15, 0.2) is 6.33 Å². The summed E-state index contributed by atoms with van der Waals surface area (Å²) < 4.78 is 0.582. The van der Waals surface area contributed by atoms with E-state index in [1.54, 1.807) is 6.33 Å². The second-order valence-electron chi connectivity index (χ2n) is 4.85. The molecule has 0 aromatic carbocycles. The zero-order chi connectivity index (χ0) is 11.1. The summed E-state index contributed by atoms with van der Waals surface area (Å²) in [6.45, 7) is 6.95. The molecular formula is C9H14N4SSi. The first kappa shape index (κ1) is 10.5. The minimum Gasteiger partial charge on any atom is -0.338 e. The summed E-state index contributed by atoms with van der Waals surface area (Å²) in [5.74, 6) is 1.01. The molecule has 0 unspecified atom stereocenters. The van der Waals surface area contributed by atoms with E-state index in [1.807, 2.05) is 0 Å². The van der Waals surface area contributed by atoms with Crippen LogP contribution in [0.4, 0.5) is 0 Å². The summed E-state index contributed by atoms with van der Waals surface area (Å²) in [4.78, 5) is 14.7. The lowest BCUT2D eigenvalue weighted by molar-refractivity contribution is 1.09. The fraction of sp³-hybridized carbons (Fsp3) is 0.444. The van der Waals surface area contributed by atoms with Crippen molar-refractivity contribution in [1.29, 1.82) is 0 Å². The molecule has 2 heterocycles. The molecule has 80 valence electrons. The molecule has 15 heavy (non-hydrogen) atoms. The van der Waals surface area contributed by atoms with E-state index in [9.17, 15) is 0 Å². The van der Waals surface area contributed by atoms with Crippen molar-refractivity contribution in [3.05, 3.63) is 16.8 Å². The number of hydrogen-bond acceptors (Lipinski definition) is 3. The molecule has 0 radical (unpaired) electrons. The van der Waals surface area contributed by atoms with Crippen LogP contribution in [-0.4, -0.2) is 28.0 Å². The summed E-state index contributed by atoms with van der Waals surface area (Å²) in [5.41, 5.74) is 1.66. The topological polar surface area (TPSA) is 57.4 Å². The van der Waals surface area contributed by atoms with Gasteiger partial charge in [0.1, 0.15) is 11.3 Å². The van der Waals surface area contributed by atoms with E-state index in [1.165, 1.54) is 0 Å². The Kier molecular flexibility index (Phi) is 2.47. The maximum absolute atomic E-state index is 5.12. The molecule has 0 amide bonds. The highest BCUT2D eigenvalue weighted by Crippen LogP contribution is 2.13. The van der Waals surface area contributed by atoms with Gasteiger partial charge in [0.05, 0.1) is 14.4 Å². The van der Waals surface area contributed by atoms with Crippen molar-refractivity contribution < 1.29 is 0 Å². The van der Waals surface area contributed by atoms with E-state index in [2.05, 4.69) is 39.6 Å². The van der Waals surface area contributed by atoms with E-state index in [-0.39, 0.29) is 0 Å². The summed E-state index contributed by atoms with van der Waals surface area (Å²) in [6.07, 6.45) is 1.59. The number of rotatable bonds is 2. The first-order chi connectivity index (χ1) is 6.96. The third-order valence-corrected chi connectivity index (χ3v) is 3.75. The van der Waals surface area contributed by atoms with Crippen LogP contribution in [0.5, 0.6) is 0 Å². The van der Waals surface area contributed by atoms with Crippen molar-refractivity contribution in [2.24, 2.45) is 0 Å². The normalized spacial score (nSPS) is 12.2. The Morgan fingerprint density at radius 2 is 2.13 bits per heavy atom. The van der Waals surface area contributed by atoms with E-state index < -0.39 is 8.07 Å². The van der Waals surface area contributed by atoms with Crippen molar-refractivity contribution in [3.63, 3.8) is 0 Å². The molecule has 0 aliphatic heterocycles. The lowest BCUT2D eigenvalue weighted by Crippen LogP contribution is -2.24. The number of fused-ring (bicyclic) bond motifs is 1. The predicted octanol–water partition coefficient (Wildman–Crippen LogP) is 2.44. The molecule has 0 aliphatic carbocycles. The maximum atomic E-state index is 5.12. The standard InChI is InChI=1S/C9H14N4SSi/c1-15(2,3)4-6-12-7-8(13-6)10-5-11-9(7)14/h5H,4H2,1-3H3,(H2,10,11,12,13,14). The molecule has 2 aromatic heterocycles. The second-order valence-corrected chi connectivity index (χ2v) is 10.7. The van der Waals surface area contributed by atoms with Gasteiger partial charge in [-0.05, 0) is 0 Å². The molecule has 6 heteroatoms. The van der Waals surface area contributed by atoms with Gasteiger partial charge < -0.3 is 9.97 Å². The van der Waals surface area contributed by atoms with Crippen molar-refractivity contribution in [2.75, 3.05) is 0 Å². The van der Waals surface area contributed by atoms with Crippen LogP contribution in [0, 0.1) is 4.64 Å². The molecule has 0 saturated heterocycles. The largest absolute Gasteiger partial charge is 0.338 e. The lowest BCUT2D eigenvalue weighted by atomic mass is 10.6. The Morgan fingerprint density at radius 3 is 2.73 bits per heavy atom. The summed E-state index contributed by atoms with van der Waals surface area (Å²) in [7, 11) is -1.14. The second kappa shape index (κ2) is 3.53. The first-order valence-electron chi connectivity index (χ1n) is 4.88. The minimum atomic E-state index is -1.14. The minimum absolute atomic E-state index is 0.582. The van der Waals surface area contributed by atoms with Crippen molar-refractivity contribution in [1.82, 2.24) is 19.9 Å². The third kappa shape index (κ3) is 2.32. The van der Waals surface area contributed by atoms with Crippen molar-refractivity contribution in [2.45, 2.75) is 25.7 Å². The van der Waals surface area contributed by atoms with E-state index in [0.29, 0.717) is 4.64 Å². The molecule has 0 saturated carbocycles. The van der Waals surface area contributed by atoms with E-state index in [0.717, 1.165) is 23.0 Å². The van der Waals surface area contributed by atoms with Gasteiger partial charge in [-0.3, -0.25) is 0 Å². The van der Waals surface area contributed by atoms with Gasteiger partial charge in [0.15, 0.2) is 10.3 Å². The van der Waals surface area contributed by atoms with Crippen LogP contribution in [0.1, 0.15) is 5.82 Å². The molecule has 2 aromatic rings. The highest BCUT2D eigenvalue weighted by Gasteiger charge is 2.16. The number of nitrogens with one attached hydrogen (secondary N) is 2. The van der Waals surface area contributed by atoms with Gasteiger partial charge in [0.25, 0.3) is 0 Å². The average molecular weight is 238 g/mol. The molecule has 0 fully saturated rings. The van der Waals surface area contributed by atoms with Gasteiger partial charge in [0.2, 0.25) is 0 Å². The van der Waals surface area contributed by atoms with Gasteiger partial charge in [-0.25, -0.2) is 9.97 Å². The SMILES string of the molecule is C[Si](C)(C)Cc1nc2[nH]cnc(=S)c2[nH]1. The highest BCUT2D eigenvalue weighted by molar-refractivity contribution is 7.71. The molecule has 0 bridgehead atoms. The quantitative estimate of drug-likeness (QED) is 0.624. The van der Waals surface area contributed by atoms with Gasteiger partial charge >= 0.3 is 0 Å². The van der Waals surface area contributed by atoms with Crippen LogP contribution in [0.3, 0.4) is 0 Å². The number of imidazole rings is 1. The number of aromatic amines is 2. The molecule has 4 nitrogen and oxygen atoms in total. The van der Waals surface area contributed by atoms with E-state index in [4.69, 9.17) is 12.2 Å². The Morgan fingerprint density at radius 1 is 1.40 bits per heavy atom. The smallest absolute Gasteiger partial charge is 0.160 e. The summed E-state index contributed by atoms with van der Waals surface area (Å²) in [5, 5.41) is 0. The van der Waals surface area contributed by atoms with Crippen LogP contribution in [-0.2, 0) is 6.04 Å². The lowest BCUT2D eigenvalue weighted by Gasteiger charge is -2.12. The fourth-order valence-corrected chi connectivity index (χ4v) is 2.86. The van der Waals surface area contributed by atoms with E-state index >= 15 is 0 Å². The predicted molar refractivity (Wildman–Crippen MR) is 66.1 cm³/mol. The number of nitrogens with zero attached hydrogens (tertiary/aromatic N) is 2. The molecule has 2 N–H and O–H groups in total.